The predicted molar refractivity (Wildman–Crippen MR) is 140 cm³/mol. The second-order valence-corrected chi connectivity index (χ2v) is 8.32. The molecule has 0 aliphatic carbocycles. The van der Waals surface area contributed by atoms with Crippen molar-refractivity contribution in [2.75, 3.05) is 7.11 Å². The number of carbonyl (C=O) groups excluding carboxylic acids is 1. The molecule has 4 aromatic carbocycles. The molecule has 5 nitrogen and oxygen atoms in total. The fraction of sp³-hybridized carbons (Fsp3) is 0.0968. The first kappa shape index (κ1) is 23.1. The standard InChI is InChI=1S/C31H25NO4/c1-34-31(33)26-9-5-10-29(19-26)35-20-22-6-4-8-25(18-22)23-13-16-28(17-14-23)36-21-27-15-12-24-7-2-3-11-30(24)32-27/h2-19H,20-21H2,1H3. The summed E-state index contributed by atoms with van der Waals surface area (Å²) >= 11 is 0. The summed E-state index contributed by atoms with van der Waals surface area (Å²) in [5.74, 6) is 1.02. The number of methoxy groups -OCH3 is 1. The van der Waals surface area contributed by atoms with E-state index >= 15 is 0 Å². The number of esters is 1. The van der Waals surface area contributed by atoms with Gasteiger partial charge in [-0.2, -0.15) is 0 Å². The lowest BCUT2D eigenvalue weighted by atomic mass is 10.0. The zero-order chi connectivity index (χ0) is 24.7. The predicted octanol–water partition coefficient (Wildman–Crippen LogP) is 6.85. The summed E-state index contributed by atoms with van der Waals surface area (Å²) in [7, 11) is 1.36. The van der Waals surface area contributed by atoms with Crippen LogP contribution in [0.1, 0.15) is 21.6 Å². The van der Waals surface area contributed by atoms with Crippen molar-refractivity contribution in [2.45, 2.75) is 13.2 Å². The van der Waals surface area contributed by atoms with E-state index in [0.29, 0.717) is 24.5 Å². The van der Waals surface area contributed by atoms with E-state index in [1.54, 1.807) is 18.2 Å². The van der Waals surface area contributed by atoms with Crippen LogP contribution in [-0.4, -0.2) is 18.1 Å². The molecule has 5 rings (SSSR count). The van der Waals surface area contributed by atoms with E-state index in [4.69, 9.17) is 14.2 Å². The molecule has 0 radical (unpaired) electrons. The number of aromatic nitrogens is 1. The second kappa shape index (κ2) is 10.7. The topological polar surface area (TPSA) is 57.7 Å². The van der Waals surface area contributed by atoms with Gasteiger partial charge in [0.15, 0.2) is 0 Å². The molecular formula is C31H25NO4. The average Bonchev–Trinajstić information content (AvgIpc) is 2.95. The van der Waals surface area contributed by atoms with Crippen LogP contribution in [-0.2, 0) is 18.0 Å². The van der Waals surface area contributed by atoms with Gasteiger partial charge in [0.1, 0.15) is 24.7 Å². The van der Waals surface area contributed by atoms with Crippen LogP contribution in [0.2, 0.25) is 0 Å². The zero-order valence-electron chi connectivity index (χ0n) is 19.9. The number of para-hydroxylation sites is 1. The van der Waals surface area contributed by atoms with Crippen LogP contribution in [0.15, 0.2) is 109 Å². The number of hydrogen-bond donors (Lipinski definition) is 0. The second-order valence-electron chi connectivity index (χ2n) is 8.32. The maximum Gasteiger partial charge on any atom is 0.337 e. The van der Waals surface area contributed by atoms with E-state index in [1.165, 1.54) is 7.11 Å². The Morgan fingerprint density at radius 1 is 0.694 bits per heavy atom. The molecule has 36 heavy (non-hydrogen) atoms. The van der Waals surface area contributed by atoms with Gasteiger partial charge in [0.2, 0.25) is 0 Å². The van der Waals surface area contributed by atoms with Gasteiger partial charge in [0.05, 0.1) is 23.9 Å². The molecule has 0 fully saturated rings. The monoisotopic (exact) mass is 475 g/mol. The minimum Gasteiger partial charge on any atom is -0.489 e. The molecule has 0 atom stereocenters. The molecule has 5 aromatic rings. The SMILES string of the molecule is COC(=O)c1cccc(OCc2cccc(-c3ccc(OCc4ccc5ccccc5n4)cc3)c2)c1. The highest BCUT2D eigenvalue weighted by Gasteiger charge is 2.07. The summed E-state index contributed by atoms with van der Waals surface area (Å²) < 4.78 is 16.6. The number of fused-ring (bicyclic) bond motifs is 1. The summed E-state index contributed by atoms with van der Waals surface area (Å²) in [5, 5.41) is 1.12. The third kappa shape index (κ3) is 5.53. The Hall–Kier alpha value is -4.64. The molecule has 0 aliphatic rings. The number of pyridine rings is 1. The number of carbonyl (C=O) groups is 1. The smallest absolute Gasteiger partial charge is 0.337 e. The first-order valence-electron chi connectivity index (χ1n) is 11.7. The maximum atomic E-state index is 11.7. The summed E-state index contributed by atoms with van der Waals surface area (Å²) in [5.41, 5.74) is 5.51. The van der Waals surface area contributed by atoms with Crippen LogP contribution in [0.5, 0.6) is 11.5 Å². The van der Waals surface area contributed by atoms with Crippen molar-refractivity contribution < 1.29 is 19.0 Å². The first-order valence-corrected chi connectivity index (χ1v) is 11.7. The highest BCUT2D eigenvalue weighted by Crippen LogP contribution is 2.25. The molecule has 0 bridgehead atoms. The van der Waals surface area contributed by atoms with Crippen molar-refractivity contribution >= 4 is 16.9 Å². The van der Waals surface area contributed by atoms with Crippen molar-refractivity contribution in [3.05, 3.63) is 126 Å². The Bertz CT molecular complexity index is 1490. The van der Waals surface area contributed by atoms with Crippen LogP contribution in [0.3, 0.4) is 0 Å². The Kier molecular flexibility index (Phi) is 6.90. The van der Waals surface area contributed by atoms with Gasteiger partial charge in [-0.05, 0) is 65.2 Å². The molecule has 0 aliphatic heterocycles. The van der Waals surface area contributed by atoms with Gasteiger partial charge in [-0.3, -0.25) is 0 Å². The maximum absolute atomic E-state index is 11.7. The number of hydrogen-bond acceptors (Lipinski definition) is 5. The lowest BCUT2D eigenvalue weighted by Crippen LogP contribution is -2.02. The molecule has 0 saturated heterocycles. The third-order valence-corrected chi connectivity index (χ3v) is 5.82. The van der Waals surface area contributed by atoms with E-state index in [2.05, 4.69) is 29.2 Å². The molecule has 5 heteroatoms. The van der Waals surface area contributed by atoms with Crippen molar-refractivity contribution in [2.24, 2.45) is 0 Å². The lowest BCUT2D eigenvalue weighted by molar-refractivity contribution is 0.0600. The Morgan fingerprint density at radius 2 is 1.50 bits per heavy atom. The Morgan fingerprint density at radius 3 is 2.36 bits per heavy atom. The van der Waals surface area contributed by atoms with E-state index in [1.807, 2.05) is 66.7 Å². The Labute approximate surface area is 209 Å². The fourth-order valence-electron chi connectivity index (χ4n) is 3.93. The summed E-state index contributed by atoms with van der Waals surface area (Å²) in [4.78, 5) is 16.4. The van der Waals surface area contributed by atoms with E-state index in [0.717, 1.165) is 39.0 Å². The van der Waals surface area contributed by atoms with Gasteiger partial charge < -0.3 is 14.2 Å². The molecule has 0 amide bonds. The normalized spacial score (nSPS) is 10.7. The van der Waals surface area contributed by atoms with Gasteiger partial charge in [-0.15, -0.1) is 0 Å². The summed E-state index contributed by atoms with van der Waals surface area (Å²) in [6.45, 7) is 0.798. The number of benzene rings is 4. The molecule has 1 heterocycles. The minimum atomic E-state index is -0.386. The number of rotatable bonds is 8. The molecule has 0 spiro atoms. The first-order chi connectivity index (χ1) is 17.7. The third-order valence-electron chi connectivity index (χ3n) is 5.82. The van der Waals surface area contributed by atoms with E-state index in [9.17, 15) is 4.79 Å². The van der Waals surface area contributed by atoms with Gasteiger partial charge in [0.25, 0.3) is 0 Å². The van der Waals surface area contributed by atoms with Crippen molar-refractivity contribution in [3.8, 4) is 22.6 Å². The molecule has 0 unspecified atom stereocenters. The average molecular weight is 476 g/mol. The van der Waals surface area contributed by atoms with Crippen LogP contribution in [0, 0.1) is 0 Å². The zero-order valence-corrected chi connectivity index (χ0v) is 19.9. The molecule has 0 N–H and O–H groups in total. The van der Waals surface area contributed by atoms with Crippen molar-refractivity contribution in [3.63, 3.8) is 0 Å². The molecular weight excluding hydrogens is 450 g/mol. The number of nitrogens with zero attached hydrogens (tertiary/aromatic N) is 1. The fourth-order valence-corrected chi connectivity index (χ4v) is 3.93. The van der Waals surface area contributed by atoms with Gasteiger partial charge >= 0.3 is 5.97 Å². The highest BCUT2D eigenvalue weighted by molar-refractivity contribution is 5.89. The van der Waals surface area contributed by atoms with Crippen LogP contribution in [0.25, 0.3) is 22.0 Å². The minimum absolute atomic E-state index is 0.386. The van der Waals surface area contributed by atoms with E-state index < -0.39 is 0 Å². The lowest BCUT2D eigenvalue weighted by Gasteiger charge is -2.10. The van der Waals surface area contributed by atoms with Gasteiger partial charge in [-0.25, -0.2) is 9.78 Å². The number of ether oxygens (including phenoxy) is 3. The van der Waals surface area contributed by atoms with Crippen molar-refractivity contribution in [1.82, 2.24) is 4.98 Å². The quantitative estimate of drug-likeness (QED) is 0.230. The molecule has 0 saturated carbocycles. The summed E-state index contributed by atoms with van der Waals surface area (Å²) in [6, 6.07) is 35.3. The van der Waals surface area contributed by atoms with Crippen LogP contribution in [0.4, 0.5) is 0 Å². The van der Waals surface area contributed by atoms with Gasteiger partial charge in [-0.1, -0.05) is 60.7 Å². The van der Waals surface area contributed by atoms with Gasteiger partial charge in [0, 0.05) is 5.39 Å². The summed E-state index contributed by atoms with van der Waals surface area (Å²) in [6.07, 6.45) is 0. The van der Waals surface area contributed by atoms with E-state index in [-0.39, 0.29) is 5.97 Å². The molecule has 178 valence electrons. The van der Waals surface area contributed by atoms with Crippen LogP contribution < -0.4 is 9.47 Å². The Balaban J connectivity index is 1.21. The molecule has 1 aromatic heterocycles. The van der Waals surface area contributed by atoms with Crippen LogP contribution >= 0.6 is 0 Å². The largest absolute Gasteiger partial charge is 0.489 e. The highest BCUT2D eigenvalue weighted by atomic mass is 16.5. The van der Waals surface area contributed by atoms with Crippen molar-refractivity contribution in [1.29, 1.82) is 0 Å².